The third-order valence-electron chi connectivity index (χ3n) is 2.34. The zero-order valence-corrected chi connectivity index (χ0v) is 14.3. The van der Waals surface area contributed by atoms with E-state index in [-0.39, 0.29) is 29.6 Å². The summed E-state index contributed by atoms with van der Waals surface area (Å²) in [5.41, 5.74) is -0.0935. The van der Waals surface area contributed by atoms with Crippen molar-refractivity contribution in [3.05, 3.63) is 35.4 Å². The van der Waals surface area contributed by atoms with Gasteiger partial charge in [-0.1, -0.05) is 32.9 Å². The molecule has 23 heavy (non-hydrogen) atoms. The number of aromatic carboxylic acids is 1. The fraction of sp³-hybridized carbons (Fsp3) is 0.438. The molecule has 0 radical (unpaired) electrons. The summed E-state index contributed by atoms with van der Waals surface area (Å²) in [6, 6.07) is 6.02. The molecule has 0 aliphatic heterocycles. The first kappa shape index (κ1) is 21.0. The van der Waals surface area contributed by atoms with Crippen molar-refractivity contribution in [1.82, 2.24) is 0 Å². The molecular weight excluding hydrogens is 320 g/mol. The van der Waals surface area contributed by atoms with Gasteiger partial charge >= 0.3 is 17.9 Å². The molecule has 128 valence electrons. The number of esters is 1. The smallest absolute Gasteiger partial charge is 0.339 e. The van der Waals surface area contributed by atoms with Gasteiger partial charge in [0.05, 0.1) is 24.2 Å². The second kappa shape index (κ2) is 9.89. The molecule has 7 heteroatoms. The van der Waals surface area contributed by atoms with Gasteiger partial charge in [-0.25, -0.2) is 9.59 Å². The summed E-state index contributed by atoms with van der Waals surface area (Å²) >= 11 is 3.68. The Bertz CT molecular complexity index is 548. The summed E-state index contributed by atoms with van der Waals surface area (Å²) in [7, 11) is 0. The Morgan fingerprint density at radius 1 is 1.09 bits per heavy atom. The molecule has 0 unspecified atom stereocenters. The lowest BCUT2D eigenvalue weighted by Gasteiger charge is -2.18. The maximum Gasteiger partial charge on any atom is 0.339 e. The van der Waals surface area contributed by atoms with Crippen LogP contribution in [-0.4, -0.2) is 40.5 Å². The highest BCUT2D eigenvalue weighted by Crippen LogP contribution is 2.16. The first-order valence-electron chi connectivity index (χ1n) is 6.90. The molecule has 0 aliphatic carbocycles. The molecule has 0 spiro atoms. The van der Waals surface area contributed by atoms with E-state index in [0.717, 1.165) is 0 Å². The molecule has 0 aliphatic rings. The number of hydrogen-bond acceptors (Lipinski definition) is 5. The summed E-state index contributed by atoms with van der Waals surface area (Å²) in [5, 5.41) is 16.8. The largest absolute Gasteiger partial charge is 0.481 e. The van der Waals surface area contributed by atoms with Gasteiger partial charge < -0.3 is 14.9 Å². The fourth-order valence-electron chi connectivity index (χ4n) is 1.30. The molecule has 1 aromatic carbocycles. The molecule has 1 rings (SSSR count). The number of carbonyl (C=O) groups is 3. The summed E-state index contributed by atoms with van der Waals surface area (Å²) in [5.74, 6) is -2.09. The second-order valence-corrected chi connectivity index (χ2v) is 6.30. The Balaban J connectivity index is 0.000000688. The average Bonchev–Trinajstić information content (AvgIpc) is 2.44. The van der Waals surface area contributed by atoms with E-state index in [0.29, 0.717) is 5.75 Å². The quantitative estimate of drug-likeness (QED) is 0.562. The molecule has 0 fully saturated rings. The van der Waals surface area contributed by atoms with Crippen LogP contribution < -0.4 is 0 Å². The predicted molar refractivity (Wildman–Crippen MR) is 89.2 cm³/mol. The van der Waals surface area contributed by atoms with Crippen LogP contribution in [0.25, 0.3) is 0 Å². The van der Waals surface area contributed by atoms with Crippen LogP contribution in [0.4, 0.5) is 0 Å². The highest BCUT2D eigenvalue weighted by atomic mass is 32.1. The van der Waals surface area contributed by atoms with Crippen LogP contribution in [0.1, 0.15) is 47.9 Å². The maximum atomic E-state index is 11.7. The molecule has 1 aromatic rings. The summed E-state index contributed by atoms with van der Waals surface area (Å²) in [6.45, 7) is 6.05. The molecule has 0 saturated heterocycles. The minimum atomic E-state index is -1.13. The van der Waals surface area contributed by atoms with Crippen LogP contribution >= 0.6 is 12.6 Å². The van der Waals surface area contributed by atoms with Crippen LogP contribution in [0.2, 0.25) is 0 Å². The third kappa shape index (κ3) is 9.57. The lowest BCUT2D eigenvalue weighted by atomic mass is 9.98. The number of rotatable bonds is 5. The van der Waals surface area contributed by atoms with Crippen molar-refractivity contribution in [2.75, 3.05) is 12.4 Å². The van der Waals surface area contributed by atoms with E-state index in [1.165, 1.54) is 12.1 Å². The van der Waals surface area contributed by atoms with E-state index >= 15 is 0 Å². The number of carboxylic acids is 2. The number of benzene rings is 1. The molecule has 0 heterocycles. The molecule has 0 saturated carbocycles. The summed E-state index contributed by atoms with van der Waals surface area (Å²) in [4.78, 5) is 32.2. The van der Waals surface area contributed by atoms with Gasteiger partial charge in [0.15, 0.2) is 0 Å². The number of carbonyl (C=O) groups excluding carboxylic acids is 1. The van der Waals surface area contributed by atoms with E-state index in [2.05, 4.69) is 12.6 Å². The molecule has 0 bridgehead atoms. The van der Waals surface area contributed by atoms with Gasteiger partial charge in [0, 0.05) is 5.75 Å². The van der Waals surface area contributed by atoms with E-state index in [4.69, 9.17) is 14.9 Å². The molecule has 0 amide bonds. The normalized spacial score (nSPS) is 10.3. The number of carboxylic acid groups (broad SMARTS) is 2. The Kier molecular flexibility index (Phi) is 9.02. The zero-order chi connectivity index (χ0) is 18.0. The van der Waals surface area contributed by atoms with Crippen LogP contribution in [0, 0.1) is 5.41 Å². The average molecular weight is 342 g/mol. The van der Waals surface area contributed by atoms with E-state index < -0.39 is 17.9 Å². The maximum absolute atomic E-state index is 11.7. The molecule has 6 nitrogen and oxygen atoms in total. The lowest BCUT2D eigenvalue weighted by Crippen LogP contribution is -2.19. The van der Waals surface area contributed by atoms with Crippen molar-refractivity contribution in [1.29, 1.82) is 0 Å². The SMILES string of the molecule is CC(C)(C)COC(=O)c1ccccc1C(=O)O.O=C(O)CCS. The molecular formula is C16H22O6S. The first-order chi connectivity index (χ1) is 10.6. The standard InChI is InChI=1S/C13H16O4.C3H6O2S/c1-13(2,3)8-17-12(16)10-7-5-4-6-9(10)11(14)15;4-3(5)1-2-6/h4-7H,8H2,1-3H3,(H,14,15);6H,1-2H2,(H,4,5). The fourth-order valence-corrected chi connectivity index (χ4v) is 1.49. The monoisotopic (exact) mass is 342 g/mol. The van der Waals surface area contributed by atoms with Crippen molar-refractivity contribution < 1.29 is 29.3 Å². The van der Waals surface area contributed by atoms with Crippen molar-refractivity contribution in [3.63, 3.8) is 0 Å². The third-order valence-corrected chi connectivity index (χ3v) is 2.56. The second-order valence-electron chi connectivity index (χ2n) is 5.85. The number of ether oxygens (including phenoxy) is 1. The minimum absolute atomic E-state index is 0.0357. The van der Waals surface area contributed by atoms with Gasteiger partial charge in [-0.3, -0.25) is 4.79 Å². The number of hydrogen-bond donors (Lipinski definition) is 3. The Morgan fingerprint density at radius 3 is 1.96 bits per heavy atom. The Hall–Kier alpha value is -2.02. The lowest BCUT2D eigenvalue weighted by molar-refractivity contribution is -0.136. The van der Waals surface area contributed by atoms with Crippen molar-refractivity contribution in [2.24, 2.45) is 5.41 Å². The molecule has 0 aromatic heterocycles. The first-order valence-corrected chi connectivity index (χ1v) is 7.54. The van der Waals surface area contributed by atoms with Crippen LogP contribution in [0.5, 0.6) is 0 Å². The highest BCUT2D eigenvalue weighted by Gasteiger charge is 2.19. The summed E-state index contributed by atoms with van der Waals surface area (Å²) in [6.07, 6.45) is 0.156. The highest BCUT2D eigenvalue weighted by molar-refractivity contribution is 7.80. The zero-order valence-electron chi connectivity index (χ0n) is 13.4. The van der Waals surface area contributed by atoms with Crippen molar-refractivity contribution >= 4 is 30.5 Å². The topological polar surface area (TPSA) is 101 Å². The van der Waals surface area contributed by atoms with Gasteiger partial charge in [-0.2, -0.15) is 12.6 Å². The number of aliphatic carboxylic acids is 1. The van der Waals surface area contributed by atoms with Gasteiger partial charge in [0.2, 0.25) is 0 Å². The molecule has 2 N–H and O–H groups in total. The van der Waals surface area contributed by atoms with Crippen LogP contribution in [0.3, 0.4) is 0 Å². The molecule has 0 atom stereocenters. The van der Waals surface area contributed by atoms with E-state index in [9.17, 15) is 14.4 Å². The van der Waals surface area contributed by atoms with Crippen molar-refractivity contribution in [2.45, 2.75) is 27.2 Å². The van der Waals surface area contributed by atoms with Gasteiger partial charge in [0.1, 0.15) is 0 Å². The van der Waals surface area contributed by atoms with Crippen molar-refractivity contribution in [3.8, 4) is 0 Å². The van der Waals surface area contributed by atoms with Gasteiger partial charge in [-0.15, -0.1) is 0 Å². The van der Waals surface area contributed by atoms with Crippen LogP contribution in [0.15, 0.2) is 24.3 Å². The number of thiol groups is 1. The van der Waals surface area contributed by atoms with Gasteiger partial charge in [-0.05, 0) is 17.5 Å². The summed E-state index contributed by atoms with van der Waals surface area (Å²) < 4.78 is 5.08. The van der Waals surface area contributed by atoms with Gasteiger partial charge in [0.25, 0.3) is 0 Å². The van der Waals surface area contributed by atoms with E-state index in [1.54, 1.807) is 12.1 Å². The van der Waals surface area contributed by atoms with Crippen LogP contribution in [-0.2, 0) is 9.53 Å². The Morgan fingerprint density at radius 2 is 1.61 bits per heavy atom. The Labute approximate surface area is 140 Å². The van der Waals surface area contributed by atoms with E-state index in [1.807, 2.05) is 20.8 Å². The predicted octanol–water partition coefficient (Wildman–Crippen LogP) is 2.98. The minimum Gasteiger partial charge on any atom is -0.481 e.